The molecule has 114 valence electrons. The van der Waals surface area contributed by atoms with E-state index >= 15 is 0 Å². The van der Waals surface area contributed by atoms with Crippen molar-refractivity contribution in [3.63, 3.8) is 0 Å². The Morgan fingerprint density at radius 3 is 2.81 bits per heavy atom. The van der Waals surface area contributed by atoms with Crippen molar-refractivity contribution >= 4 is 16.8 Å². The largest absolute Gasteiger partial charge is 0.395 e. The first kappa shape index (κ1) is 15.5. The summed E-state index contributed by atoms with van der Waals surface area (Å²) in [5.41, 5.74) is 4.09. The molecule has 2 aromatic rings. The molecule has 0 spiro atoms. The number of rotatable bonds is 6. The predicted octanol–water partition coefficient (Wildman–Crippen LogP) is 1.63. The lowest BCUT2D eigenvalue weighted by Crippen LogP contribution is -2.26. The molecule has 0 saturated heterocycles. The highest BCUT2D eigenvalue weighted by Gasteiger charge is 2.13. The number of hydrogen-bond donors (Lipinski definition) is 2. The SMILES string of the molecule is COCCn1c(C)c(C)c2cc(C(=O)NCCO)ccc21. The van der Waals surface area contributed by atoms with Crippen molar-refractivity contribution in [2.24, 2.45) is 0 Å². The molecule has 1 aromatic carbocycles. The van der Waals surface area contributed by atoms with Crippen molar-refractivity contribution in [3.05, 3.63) is 35.0 Å². The van der Waals surface area contributed by atoms with Crippen molar-refractivity contribution < 1.29 is 14.6 Å². The zero-order valence-electron chi connectivity index (χ0n) is 12.8. The molecule has 1 aromatic heterocycles. The van der Waals surface area contributed by atoms with E-state index in [9.17, 15) is 4.79 Å². The van der Waals surface area contributed by atoms with Gasteiger partial charge in [0, 0.05) is 42.4 Å². The van der Waals surface area contributed by atoms with Gasteiger partial charge in [0.15, 0.2) is 0 Å². The standard InChI is InChI=1S/C16H22N2O3/c1-11-12(2)18(7-9-21-3)15-5-4-13(10-14(11)15)16(20)17-6-8-19/h4-5,10,19H,6-9H2,1-3H3,(H,17,20). The van der Waals surface area contributed by atoms with E-state index in [1.165, 1.54) is 11.3 Å². The summed E-state index contributed by atoms with van der Waals surface area (Å²) in [7, 11) is 1.69. The lowest BCUT2D eigenvalue weighted by molar-refractivity contribution is 0.0945. The van der Waals surface area contributed by atoms with Gasteiger partial charge in [-0.25, -0.2) is 0 Å². The molecular formula is C16H22N2O3. The van der Waals surface area contributed by atoms with Crippen LogP contribution >= 0.6 is 0 Å². The van der Waals surface area contributed by atoms with Gasteiger partial charge in [-0.15, -0.1) is 0 Å². The number of amides is 1. The molecule has 0 radical (unpaired) electrons. The fourth-order valence-electron chi connectivity index (χ4n) is 2.53. The molecule has 5 nitrogen and oxygen atoms in total. The van der Waals surface area contributed by atoms with E-state index in [1.54, 1.807) is 7.11 Å². The minimum Gasteiger partial charge on any atom is -0.395 e. The molecule has 2 N–H and O–H groups in total. The molecule has 21 heavy (non-hydrogen) atoms. The maximum absolute atomic E-state index is 12.0. The van der Waals surface area contributed by atoms with Gasteiger partial charge in [0.05, 0.1) is 13.2 Å². The summed E-state index contributed by atoms with van der Waals surface area (Å²) < 4.78 is 7.37. The van der Waals surface area contributed by atoms with E-state index in [-0.39, 0.29) is 19.1 Å². The molecule has 0 aliphatic heterocycles. The summed E-state index contributed by atoms with van der Waals surface area (Å²) in [6, 6.07) is 5.70. The second kappa shape index (κ2) is 6.74. The highest BCUT2D eigenvalue weighted by atomic mass is 16.5. The van der Waals surface area contributed by atoms with Crippen LogP contribution in [0.25, 0.3) is 10.9 Å². The minimum absolute atomic E-state index is 0.0560. The Morgan fingerprint density at radius 2 is 2.14 bits per heavy atom. The van der Waals surface area contributed by atoms with Crippen molar-refractivity contribution in [1.82, 2.24) is 9.88 Å². The zero-order chi connectivity index (χ0) is 15.4. The number of aliphatic hydroxyl groups is 1. The first-order chi connectivity index (χ1) is 10.1. The van der Waals surface area contributed by atoms with Crippen molar-refractivity contribution in [2.45, 2.75) is 20.4 Å². The second-order valence-corrected chi connectivity index (χ2v) is 5.07. The van der Waals surface area contributed by atoms with Crippen molar-refractivity contribution in [2.75, 3.05) is 26.9 Å². The number of benzene rings is 1. The topological polar surface area (TPSA) is 63.5 Å². The van der Waals surface area contributed by atoms with E-state index in [0.29, 0.717) is 12.2 Å². The van der Waals surface area contributed by atoms with E-state index in [1.807, 2.05) is 18.2 Å². The zero-order valence-corrected chi connectivity index (χ0v) is 12.8. The van der Waals surface area contributed by atoms with E-state index in [0.717, 1.165) is 17.4 Å². The number of nitrogens with one attached hydrogen (secondary N) is 1. The Morgan fingerprint density at radius 1 is 1.38 bits per heavy atom. The molecule has 0 saturated carbocycles. The van der Waals surface area contributed by atoms with Crippen LogP contribution in [0.1, 0.15) is 21.6 Å². The van der Waals surface area contributed by atoms with Gasteiger partial charge in [-0.1, -0.05) is 0 Å². The Balaban J connectivity index is 2.39. The van der Waals surface area contributed by atoms with Gasteiger partial charge in [0.25, 0.3) is 5.91 Å². The number of aliphatic hydroxyl groups excluding tert-OH is 1. The number of methoxy groups -OCH3 is 1. The van der Waals surface area contributed by atoms with Crippen LogP contribution in [-0.4, -0.2) is 42.4 Å². The smallest absolute Gasteiger partial charge is 0.251 e. The van der Waals surface area contributed by atoms with Gasteiger partial charge in [-0.2, -0.15) is 0 Å². The summed E-state index contributed by atoms with van der Waals surface area (Å²) >= 11 is 0. The summed E-state index contributed by atoms with van der Waals surface area (Å²) in [6.07, 6.45) is 0. The van der Waals surface area contributed by atoms with Crippen molar-refractivity contribution in [1.29, 1.82) is 0 Å². The fraction of sp³-hybridized carbons (Fsp3) is 0.438. The molecule has 0 aliphatic rings. The van der Waals surface area contributed by atoms with Crippen molar-refractivity contribution in [3.8, 4) is 0 Å². The number of aromatic nitrogens is 1. The van der Waals surface area contributed by atoms with Gasteiger partial charge in [-0.3, -0.25) is 4.79 Å². The van der Waals surface area contributed by atoms with E-state index in [2.05, 4.69) is 23.7 Å². The Bertz CT molecular complexity index is 646. The molecular weight excluding hydrogens is 268 g/mol. The molecule has 1 amide bonds. The third kappa shape index (κ3) is 3.09. The number of aryl methyl sites for hydroxylation is 1. The molecule has 0 atom stereocenters. The number of ether oxygens (including phenoxy) is 1. The second-order valence-electron chi connectivity index (χ2n) is 5.07. The molecule has 1 heterocycles. The Labute approximate surface area is 124 Å². The van der Waals surface area contributed by atoms with Crippen LogP contribution < -0.4 is 5.32 Å². The average Bonchev–Trinajstić information content (AvgIpc) is 2.74. The molecule has 0 aliphatic carbocycles. The third-order valence-corrected chi connectivity index (χ3v) is 3.82. The molecule has 2 rings (SSSR count). The highest BCUT2D eigenvalue weighted by molar-refractivity contribution is 5.99. The van der Waals surface area contributed by atoms with Gasteiger partial charge >= 0.3 is 0 Å². The third-order valence-electron chi connectivity index (χ3n) is 3.82. The quantitative estimate of drug-likeness (QED) is 0.850. The average molecular weight is 290 g/mol. The first-order valence-corrected chi connectivity index (χ1v) is 7.07. The molecule has 0 bridgehead atoms. The lowest BCUT2D eigenvalue weighted by atomic mass is 10.1. The minimum atomic E-state index is -0.160. The van der Waals surface area contributed by atoms with E-state index < -0.39 is 0 Å². The first-order valence-electron chi connectivity index (χ1n) is 7.07. The van der Waals surface area contributed by atoms with Gasteiger partial charge in [0.1, 0.15) is 0 Å². The molecule has 0 fully saturated rings. The lowest BCUT2D eigenvalue weighted by Gasteiger charge is -2.08. The number of hydrogen-bond acceptors (Lipinski definition) is 3. The Kier molecular flexibility index (Phi) is 4.98. The van der Waals surface area contributed by atoms with Gasteiger partial charge in [-0.05, 0) is 37.6 Å². The Hall–Kier alpha value is -1.85. The fourth-order valence-corrected chi connectivity index (χ4v) is 2.53. The summed E-state index contributed by atoms with van der Waals surface area (Å²) in [6.45, 7) is 5.81. The van der Waals surface area contributed by atoms with Gasteiger partial charge < -0.3 is 19.7 Å². The predicted molar refractivity (Wildman–Crippen MR) is 82.7 cm³/mol. The van der Waals surface area contributed by atoms with Crippen LogP contribution in [0.3, 0.4) is 0 Å². The summed E-state index contributed by atoms with van der Waals surface area (Å²) in [5.74, 6) is -0.160. The number of nitrogens with zero attached hydrogens (tertiary/aromatic N) is 1. The number of carbonyl (C=O) groups excluding carboxylic acids is 1. The number of fused-ring (bicyclic) bond motifs is 1. The maximum Gasteiger partial charge on any atom is 0.251 e. The van der Waals surface area contributed by atoms with Crippen LogP contribution in [0.15, 0.2) is 18.2 Å². The normalized spacial score (nSPS) is 11.0. The monoisotopic (exact) mass is 290 g/mol. The van der Waals surface area contributed by atoms with Crippen LogP contribution in [-0.2, 0) is 11.3 Å². The summed E-state index contributed by atoms with van der Waals surface area (Å²) in [5, 5.41) is 12.5. The number of carbonyl (C=O) groups is 1. The van der Waals surface area contributed by atoms with Crippen LogP contribution in [0, 0.1) is 13.8 Å². The molecule has 5 heteroatoms. The van der Waals surface area contributed by atoms with Crippen LogP contribution in [0.5, 0.6) is 0 Å². The van der Waals surface area contributed by atoms with Gasteiger partial charge in [0.2, 0.25) is 0 Å². The maximum atomic E-state index is 12.0. The van der Waals surface area contributed by atoms with E-state index in [4.69, 9.17) is 9.84 Å². The van der Waals surface area contributed by atoms with Crippen LogP contribution in [0.2, 0.25) is 0 Å². The summed E-state index contributed by atoms with van der Waals surface area (Å²) in [4.78, 5) is 12.0. The molecule has 0 unspecified atom stereocenters. The highest BCUT2D eigenvalue weighted by Crippen LogP contribution is 2.26. The van der Waals surface area contributed by atoms with Crippen LogP contribution in [0.4, 0.5) is 0 Å².